The summed E-state index contributed by atoms with van der Waals surface area (Å²) in [6, 6.07) is 7.89. The number of fused-ring (bicyclic) bond motifs is 1. The van der Waals surface area contributed by atoms with Gasteiger partial charge in [-0.1, -0.05) is 18.2 Å². The number of amides is 2. The summed E-state index contributed by atoms with van der Waals surface area (Å²) in [5.41, 5.74) is 1.78. The second-order valence-electron chi connectivity index (χ2n) is 5.20. The van der Waals surface area contributed by atoms with Gasteiger partial charge in [0.2, 0.25) is 5.91 Å². The number of rotatable bonds is 4. The number of cyclic esters (lactones) is 1. The van der Waals surface area contributed by atoms with Gasteiger partial charge in [-0.2, -0.15) is 5.10 Å². The molecule has 116 valence electrons. The molecule has 0 spiro atoms. The van der Waals surface area contributed by atoms with Crippen LogP contribution in [0.1, 0.15) is 25.6 Å². The third kappa shape index (κ3) is 2.49. The van der Waals surface area contributed by atoms with Crippen LogP contribution in [0.25, 0.3) is 10.9 Å². The van der Waals surface area contributed by atoms with Crippen LogP contribution in [0, 0.1) is 0 Å². The fraction of sp³-hybridized carbons (Fsp3) is 0.400. The van der Waals surface area contributed by atoms with Crippen LogP contribution >= 0.6 is 0 Å². The van der Waals surface area contributed by atoms with Crippen LogP contribution in [0.4, 0.5) is 4.79 Å². The number of carbonyl (C=O) groups is 2. The number of para-hydroxylation sites is 1. The number of carbonyl (C=O) groups excluding carboxylic acids is 2. The Labute approximate surface area is 127 Å². The number of aromatic nitrogens is 2. The highest BCUT2D eigenvalue weighted by molar-refractivity contribution is 5.83. The van der Waals surface area contributed by atoms with Gasteiger partial charge in [-0.15, -0.1) is 0 Å². The molecule has 0 bridgehead atoms. The molecule has 1 fully saturated rings. The minimum Gasteiger partial charge on any atom is -0.438 e. The average Bonchev–Trinajstić information content (AvgIpc) is 3.05. The van der Waals surface area contributed by atoms with Crippen LogP contribution in [0.3, 0.4) is 0 Å². The van der Waals surface area contributed by atoms with Crippen LogP contribution in [0.2, 0.25) is 0 Å². The molecule has 0 saturated carbocycles. The molecular weight excluding hydrogens is 284 g/mol. The van der Waals surface area contributed by atoms with E-state index in [1.165, 1.54) is 11.8 Å². The molecule has 2 amide bonds. The molecule has 2 aromatic rings. The van der Waals surface area contributed by atoms with Gasteiger partial charge in [0, 0.05) is 18.9 Å². The lowest BCUT2D eigenvalue weighted by Gasteiger charge is -2.12. The number of nitrogens with one attached hydrogen (secondary N) is 1. The summed E-state index contributed by atoms with van der Waals surface area (Å²) in [6.07, 6.45) is -0.854. The lowest BCUT2D eigenvalue weighted by Crippen LogP contribution is -2.37. The number of benzene rings is 1. The molecule has 1 atom stereocenters. The maximum atomic E-state index is 11.9. The van der Waals surface area contributed by atoms with E-state index in [0.29, 0.717) is 6.54 Å². The highest BCUT2D eigenvalue weighted by Crippen LogP contribution is 2.30. The van der Waals surface area contributed by atoms with Crippen LogP contribution in [-0.2, 0) is 16.1 Å². The van der Waals surface area contributed by atoms with Gasteiger partial charge in [-0.25, -0.2) is 4.79 Å². The first-order valence-corrected chi connectivity index (χ1v) is 7.25. The smallest absolute Gasteiger partial charge is 0.412 e. The number of hydrogen-bond donors (Lipinski definition) is 1. The Morgan fingerprint density at radius 2 is 2.23 bits per heavy atom. The van der Waals surface area contributed by atoms with Crippen molar-refractivity contribution in [3.63, 3.8) is 0 Å². The van der Waals surface area contributed by atoms with E-state index in [1.807, 2.05) is 35.9 Å². The standard InChI is InChI=1S/C15H18N4O3/c1-3-19-12-7-5-4-6-11(12)14(17-19)13-8-18(15(21)22-13)9-16-10(2)20/h4-7,13H,3,8-9H2,1-2H3,(H,16,20). The molecule has 3 rings (SSSR count). The van der Waals surface area contributed by atoms with Crippen molar-refractivity contribution in [1.29, 1.82) is 0 Å². The number of hydrogen-bond acceptors (Lipinski definition) is 4. The van der Waals surface area contributed by atoms with Crippen molar-refractivity contribution in [1.82, 2.24) is 20.0 Å². The summed E-state index contributed by atoms with van der Waals surface area (Å²) in [5, 5.41) is 8.17. The maximum Gasteiger partial charge on any atom is 0.412 e. The van der Waals surface area contributed by atoms with Crippen LogP contribution in [0.15, 0.2) is 24.3 Å². The normalized spacial score (nSPS) is 17.8. The van der Waals surface area contributed by atoms with E-state index in [1.54, 1.807) is 0 Å². The van der Waals surface area contributed by atoms with Crippen molar-refractivity contribution in [2.75, 3.05) is 13.2 Å². The Hall–Kier alpha value is -2.57. The molecule has 1 aromatic heterocycles. The third-order valence-corrected chi connectivity index (χ3v) is 3.70. The van der Waals surface area contributed by atoms with E-state index in [0.717, 1.165) is 23.1 Å². The van der Waals surface area contributed by atoms with Gasteiger partial charge in [0.1, 0.15) is 5.69 Å². The number of ether oxygens (including phenoxy) is 1. The predicted octanol–water partition coefficient (Wildman–Crippen LogP) is 1.64. The molecule has 7 nitrogen and oxygen atoms in total. The number of aryl methyl sites for hydroxylation is 1. The van der Waals surface area contributed by atoms with Crippen molar-refractivity contribution in [2.24, 2.45) is 0 Å². The van der Waals surface area contributed by atoms with E-state index >= 15 is 0 Å². The van der Waals surface area contributed by atoms with Gasteiger partial charge >= 0.3 is 6.09 Å². The SMILES string of the molecule is CCn1nc(C2CN(CNC(C)=O)C(=O)O2)c2ccccc21. The molecule has 0 radical (unpaired) electrons. The molecular formula is C15H18N4O3. The van der Waals surface area contributed by atoms with Gasteiger partial charge < -0.3 is 10.1 Å². The Kier molecular flexibility index (Phi) is 3.70. The minimum atomic E-state index is -0.436. The predicted molar refractivity (Wildman–Crippen MR) is 80.0 cm³/mol. The quantitative estimate of drug-likeness (QED) is 0.931. The second-order valence-corrected chi connectivity index (χ2v) is 5.20. The first-order chi connectivity index (χ1) is 10.6. The highest BCUT2D eigenvalue weighted by Gasteiger charge is 2.35. The van der Waals surface area contributed by atoms with Crippen molar-refractivity contribution in [2.45, 2.75) is 26.5 Å². The molecule has 7 heteroatoms. The Morgan fingerprint density at radius 3 is 2.95 bits per heavy atom. The summed E-state index contributed by atoms with van der Waals surface area (Å²) in [4.78, 5) is 24.3. The average molecular weight is 302 g/mol. The largest absolute Gasteiger partial charge is 0.438 e. The molecule has 1 saturated heterocycles. The lowest BCUT2D eigenvalue weighted by molar-refractivity contribution is -0.119. The van der Waals surface area contributed by atoms with Crippen LogP contribution in [0.5, 0.6) is 0 Å². The topological polar surface area (TPSA) is 76.5 Å². The fourth-order valence-electron chi connectivity index (χ4n) is 2.62. The van der Waals surface area contributed by atoms with E-state index in [4.69, 9.17) is 4.74 Å². The van der Waals surface area contributed by atoms with Crippen LogP contribution in [-0.4, -0.2) is 39.9 Å². The first kappa shape index (κ1) is 14.4. The Morgan fingerprint density at radius 1 is 1.45 bits per heavy atom. The summed E-state index contributed by atoms with van der Waals surface area (Å²) in [6.45, 7) is 4.71. The highest BCUT2D eigenvalue weighted by atomic mass is 16.6. The van der Waals surface area contributed by atoms with Gasteiger partial charge in [0.15, 0.2) is 6.10 Å². The Bertz CT molecular complexity index is 725. The van der Waals surface area contributed by atoms with Gasteiger partial charge in [-0.3, -0.25) is 14.4 Å². The summed E-state index contributed by atoms with van der Waals surface area (Å²) >= 11 is 0. The molecule has 0 aliphatic carbocycles. The summed E-state index contributed by atoms with van der Waals surface area (Å²) in [7, 11) is 0. The molecule has 1 unspecified atom stereocenters. The van der Waals surface area contributed by atoms with Crippen LogP contribution < -0.4 is 5.32 Å². The summed E-state index contributed by atoms with van der Waals surface area (Å²) < 4.78 is 7.32. The van der Waals surface area contributed by atoms with Crippen molar-refractivity contribution in [3.05, 3.63) is 30.0 Å². The summed E-state index contributed by atoms with van der Waals surface area (Å²) in [5.74, 6) is -0.183. The molecule has 2 heterocycles. The Balaban J connectivity index is 1.86. The lowest BCUT2D eigenvalue weighted by atomic mass is 10.1. The monoisotopic (exact) mass is 302 g/mol. The molecule has 1 aliphatic heterocycles. The molecule has 1 aliphatic rings. The molecule has 1 N–H and O–H groups in total. The number of nitrogens with zero attached hydrogens (tertiary/aromatic N) is 3. The zero-order valence-electron chi connectivity index (χ0n) is 12.6. The van der Waals surface area contributed by atoms with Gasteiger partial charge in [0.05, 0.1) is 18.7 Å². The first-order valence-electron chi connectivity index (χ1n) is 7.25. The van der Waals surface area contributed by atoms with E-state index < -0.39 is 12.2 Å². The van der Waals surface area contributed by atoms with Crippen molar-refractivity contribution in [3.8, 4) is 0 Å². The van der Waals surface area contributed by atoms with Gasteiger partial charge in [-0.05, 0) is 13.0 Å². The minimum absolute atomic E-state index is 0.150. The fourth-order valence-corrected chi connectivity index (χ4v) is 2.62. The maximum absolute atomic E-state index is 11.9. The van der Waals surface area contributed by atoms with E-state index in [9.17, 15) is 9.59 Å². The zero-order valence-corrected chi connectivity index (χ0v) is 12.6. The van der Waals surface area contributed by atoms with Crippen molar-refractivity contribution >= 4 is 22.9 Å². The van der Waals surface area contributed by atoms with Gasteiger partial charge in [0.25, 0.3) is 0 Å². The third-order valence-electron chi connectivity index (χ3n) is 3.70. The molecule has 22 heavy (non-hydrogen) atoms. The van der Waals surface area contributed by atoms with E-state index in [2.05, 4.69) is 10.4 Å². The zero-order chi connectivity index (χ0) is 15.7. The van der Waals surface area contributed by atoms with E-state index in [-0.39, 0.29) is 12.6 Å². The van der Waals surface area contributed by atoms with Crippen molar-refractivity contribution < 1.29 is 14.3 Å². The second kappa shape index (κ2) is 5.67. The molecule has 1 aromatic carbocycles.